The highest BCUT2D eigenvalue weighted by molar-refractivity contribution is 9.10. The van der Waals surface area contributed by atoms with E-state index in [1.807, 2.05) is 66.7 Å². The Morgan fingerprint density at radius 1 is 1.10 bits per heavy atom. The molecule has 3 aromatic carbocycles. The van der Waals surface area contributed by atoms with Gasteiger partial charge in [0.1, 0.15) is 6.61 Å². The Kier molecular flexibility index (Phi) is 5.60. The molecule has 0 atom stereocenters. The van der Waals surface area contributed by atoms with Crippen molar-refractivity contribution in [3.05, 3.63) is 86.8 Å². The van der Waals surface area contributed by atoms with E-state index in [4.69, 9.17) is 21.1 Å². The van der Waals surface area contributed by atoms with Crippen molar-refractivity contribution < 1.29 is 14.3 Å². The Balaban J connectivity index is 1.64. The topological polar surface area (TPSA) is 47.6 Å². The van der Waals surface area contributed by atoms with Crippen LogP contribution in [0.3, 0.4) is 0 Å². The summed E-state index contributed by atoms with van der Waals surface area (Å²) in [6.45, 7) is 0.353. The van der Waals surface area contributed by atoms with Gasteiger partial charge in [-0.2, -0.15) is 0 Å². The lowest BCUT2D eigenvalue weighted by Crippen LogP contribution is -2.03. The lowest BCUT2D eigenvalue weighted by atomic mass is 10.0. The van der Waals surface area contributed by atoms with Crippen LogP contribution in [-0.4, -0.2) is 13.0 Å². The van der Waals surface area contributed by atoms with Crippen LogP contribution < -0.4 is 14.8 Å². The molecule has 4 rings (SSSR count). The molecule has 29 heavy (non-hydrogen) atoms. The van der Waals surface area contributed by atoms with Gasteiger partial charge in [0, 0.05) is 21.8 Å². The van der Waals surface area contributed by atoms with Crippen LogP contribution in [-0.2, 0) is 11.4 Å². The molecule has 1 aliphatic rings. The number of anilines is 1. The molecule has 0 fully saturated rings. The Hall–Kier alpha value is -2.76. The van der Waals surface area contributed by atoms with Gasteiger partial charge in [-0.3, -0.25) is 4.79 Å². The highest BCUT2D eigenvalue weighted by Gasteiger charge is 2.23. The fourth-order valence-corrected chi connectivity index (χ4v) is 3.98. The first-order chi connectivity index (χ1) is 14.0. The van der Waals surface area contributed by atoms with Crippen molar-refractivity contribution in [2.24, 2.45) is 0 Å². The predicted molar refractivity (Wildman–Crippen MR) is 119 cm³/mol. The number of carbonyl (C=O) groups excluding carboxylic acids is 1. The molecule has 0 saturated carbocycles. The third kappa shape index (κ3) is 4.16. The van der Waals surface area contributed by atoms with E-state index in [2.05, 4.69) is 21.2 Å². The summed E-state index contributed by atoms with van der Waals surface area (Å²) in [7, 11) is 1.59. The van der Waals surface area contributed by atoms with Gasteiger partial charge >= 0.3 is 0 Å². The highest BCUT2D eigenvalue weighted by Crippen LogP contribution is 2.39. The monoisotopic (exact) mass is 469 g/mol. The zero-order valence-corrected chi connectivity index (χ0v) is 17.9. The van der Waals surface area contributed by atoms with Gasteiger partial charge in [-0.15, -0.1) is 0 Å². The summed E-state index contributed by atoms with van der Waals surface area (Å²) in [5.41, 5.74) is 4.09. The number of hydrogen-bond acceptors (Lipinski definition) is 3. The number of hydrogen-bond donors (Lipinski definition) is 1. The highest BCUT2D eigenvalue weighted by atomic mass is 79.9. The predicted octanol–water partition coefficient (Wildman–Crippen LogP) is 6.18. The number of fused-ring (bicyclic) bond motifs is 1. The van der Waals surface area contributed by atoms with E-state index in [-0.39, 0.29) is 5.91 Å². The molecular weight excluding hydrogens is 454 g/mol. The first-order valence-corrected chi connectivity index (χ1v) is 10.1. The normalized spacial score (nSPS) is 13.9. The van der Waals surface area contributed by atoms with Crippen molar-refractivity contribution in [1.82, 2.24) is 0 Å². The van der Waals surface area contributed by atoms with Crippen LogP contribution in [0.25, 0.3) is 11.6 Å². The molecule has 6 heteroatoms. The molecule has 0 unspecified atom stereocenters. The van der Waals surface area contributed by atoms with Crippen LogP contribution in [0.2, 0.25) is 5.02 Å². The summed E-state index contributed by atoms with van der Waals surface area (Å²) in [4.78, 5) is 12.4. The molecule has 1 N–H and O–H groups in total. The maximum Gasteiger partial charge on any atom is 0.256 e. The van der Waals surface area contributed by atoms with Gasteiger partial charge in [-0.25, -0.2) is 0 Å². The molecule has 0 aliphatic carbocycles. The molecule has 3 aromatic rings. The van der Waals surface area contributed by atoms with Crippen LogP contribution >= 0.6 is 27.5 Å². The minimum absolute atomic E-state index is 0.123. The SMILES string of the molecule is COc1cc(/C=C2\C(=O)Nc3ccccc32)cc(Br)c1OCc1cccc(Cl)c1. The van der Waals surface area contributed by atoms with Crippen LogP contribution in [0, 0.1) is 0 Å². The Morgan fingerprint density at radius 2 is 1.93 bits per heavy atom. The number of amides is 1. The second-order valence-electron chi connectivity index (χ2n) is 6.51. The number of rotatable bonds is 5. The summed E-state index contributed by atoms with van der Waals surface area (Å²) in [5, 5.41) is 3.54. The first kappa shape index (κ1) is 19.6. The summed E-state index contributed by atoms with van der Waals surface area (Å²) >= 11 is 9.60. The maximum absolute atomic E-state index is 12.4. The number of methoxy groups -OCH3 is 1. The Bertz CT molecular complexity index is 1130. The van der Waals surface area contributed by atoms with Gasteiger partial charge < -0.3 is 14.8 Å². The zero-order chi connectivity index (χ0) is 20.4. The fraction of sp³-hybridized carbons (Fsp3) is 0.0870. The second-order valence-corrected chi connectivity index (χ2v) is 7.80. The summed E-state index contributed by atoms with van der Waals surface area (Å²) in [6, 6.07) is 18.9. The Morgan fingerprint density at radius 3 is 2.72 bits per heavy atom. The standard InChI is InChI=1S/C23H17BrClNO3/c1-28-21-12-15(10-18-17-7-2-3-8-20(17)26-23(18)27)11-19(24)22(21)29-13-14-5-4-6-16(25)9-14/h2-12H,13H2,1H3,(H,26,27)/b18-10-. The van der Waals surface area contributed by atoms with Crippen LogP contribution in [0.1, 0.15) is 16.7 Å². The van der Waals surface area contributed by atoms with Crippen molar-refractivity contribution in [1.29, 1.82) is 0 Å². The van der Waals surface area contributed by atoms with Crippen molar-refractivity contribution in [3.8, 4) is 11.5 Å². The van der Waals surface area contributed by atoms with Gasteiger partial charge in [-0.05, 0) is 63.5 Å². The average molecular weight is 471 g/mol. The van der Waals surface area contributed by atoms with Gasteiger partial charge in [0.15, 0.2) is 11.5 Å². The third-order valence-corrected chi connectivity index (χ3v) is 5.37. The van der Waals surface area contributed by atoms with E-state index in [0.717, 1.165) is 26.9 Å². The molecule has 0 bridgehead atoms. The zero-order valence-electron chi connectivity index (χ0n) is 15.5. The molecule has 1 aliphatic heterocycles. The lowest BCUT2D eigenvalue weighted by Gasteiger charge is -2.14. The first-order valence-electron chi connectivity index (χ1n) is 8.92. The summed E-state index contributed by atoms with van der Waals surface area (Å²) < 4.78 is 12.2. The van der Waals surface area contributed by atoms with Crippen molar-refractivity contribution in [3.63, 3.8) is 0 Å². The molecular formula is C23H17BrClNO3. The fourth-order valence-electron chi connectivity index (χ4n) is 3.19. The number of nitrogens with one attached hydrogen (secondary N) is 1. The van der Waals surface area contributed by atoms with E-state index < -0.39 is 0 Å². The molecule has 4 nitrogen and oxygen atoms in total. The molecule has 1 heterocycles. The summed E-state index contributed by atoms with van der Waals surface area (Å²) in [5.74, 6) is 1.04. The maximum atomic E-state index is 12.4. The van der Waals surface area contributed by atoms with E-state index in [1.54, 1.807) is 7.11 Å². The van der Waals surface area contributed by atoms with Crippen molar-refractivity contribution in [2.45, 2.75) is 6.61 Å². The third-order valence-electron chi connectivity index (χ3n) is 4.55. The Labute approximate surface area is 182 Å². The number of para-hydroxylation sites is 1. The number of ether oxygens (including phenoxy) is 2. The van der Waals surface area contributed by atoms with Gasteiger partial charge in [0.2, 0.25) is 0 Å². The average Bonchev–Trinajstić information content (AvgIpc) is 3.02. The quantitative estimate of drug-likeness (QED) is 0.453. The van der Waals surface area contributed by atoms with E-state index in [9.17, 15) is 4.79 Å². The number of halogens is 2. The molecule has 0 spiro atoms. The lowest BCUT2D eigenvalue weighted by molar-refractivity contribution is -0.110. The molecule has 0 saturated heterocycles. The van der Waals surface area contributed by atoms with Crippen molar-refractivity contribution in [2.75, 3.05) is 12.4 Å². The minimum Gasteiger partial charge on any atom is -0.493 e. The molecule has 0 radical (unpaired) electrons. The van der Waals surface area contributed by atoms with Gasteiger partial charge in [0.25, 0.3) is 5.91 Å². The molecule has 1 amide bonds. The van der Waals surface area contributed by atoms with Crippen LogP contribution in [0.5, 0.6) is 11.5 Å². The van der Waals surface area contributed by atoms with Gasteiger partial charge in [-0.1, -0.05) is 41.9 Å². The van der Waals surface area contributed by atoms with E-state index >= 15 is 0 Å². The second kappa shape index (κ2) is 8.31. The molecule has 146 valence electrons. The largest absolute Gasteiger partial charge is 0.493 e. The van der Waals surface area contributed by atoms with Gasteiger partial charge in [0.05, 0.1) is 11.6 Å². The molecule has 0 aromatic heterocycles. The van der Waals surface area contributed by atoms with E-state index in [0.29, 0.717) is 28.7 Å². The number of carbonyl (C=O) groups is 1. The van der Waals surface area contributed by atoms with Crippen LogP contribution in [0.15, 0.2) is 65.1 Å². The summed E-state index contributed by atoms with van der Waals surface area (Å²) in [6.07, 6.45) is 1.84. The van der Waals surface area contributed by atoms with E-state index in [1.165, 1.54) is 0 Å². The minimum atomic E-state index is -0.123. The number of benzene rings is 3. The van der Waals surface area contributed by atoms with Crippen molar-refractivity contribution >= 4 is 50.8 Å². The van der Waals surface area contributed by atoms with Crippen LogP contribution in [0.4, 0.5) is 5.69 Å². The smallest absolute Gasteiger partial charge is 0.256 e.